The van der Waals surface area contributed by atoms with E-state index in [9.17, 15) is 29.3 Å². The van der Waals surface area contributed by atoms with E-state index in [-0.39, 0.29) is 47.6 Å². The van der Waals surface area contributed by atoms with Crippen LogP contribution in [0.2, 0.25) is 0 Å². The predicted octanol–water partition coefficient (Wildman–Crippen LogP) is 1.30. The van der Waals surface area contributed by atoms with Crippen molar-refractivity contribution >= 4 is 35.1 Å². The maximum Gasteiger partial charge on any atom is 0.321 e. The molecule has 0 atom stereocenters. The molecule has 5 amide bonds. The van der Waals surface area contributed by atoms with Gasteiger partial charge in [-0.15, -0.1) is 0 Å². The third-order valence-electron chi connectivity index (χ3n) is 4.44. The molecule has 0 aliphatic carbocycles. The highest BCUT2D eigenvalue weighted by atomic mass is 16.6. The van der Waals surface area contributed by atoms with E-state index in [2.05, 4.69) is 10.6 Å². The fraction of sp³-hybridized carbons (Fsp3) is 0.158. The van der Waals surface area contributed by atoms with Crippen molar-refractivity contribution in [3.05, 3.63) is 69.3 Å². The highest BCUT2D eigenvalue weighted by Crippen LogP contribution is 2.26. The molecular weight excluding hydrogens is 394 g/mol. The molecule has 0 saturated carbocycles. The van der Waals surface area contributed by atoms with Crippen LogP contribution in [0.4, 0.5) is 16.2 Å². The summed E-state index contributed by atoms with van der Waals surface area (Å²) in [6.07, 6.45) is 0.225. The number of hydrogen-bond acceptors (Lipinski definition) is 7. The Hall–Kier alpha value is -4.28. The van der Waals surface area contributed by atoms with Crippen molar-refractivity contribution < 1.29 is 24.1 Å². The predicted molar refractivity (Wildman–Crippen MR) is 105 cm³/mol. The number of nitrogen functional groups attached to an aromatic ring is 1. The van der Waals surface area contributed by atoms with Crippen LogP contribution in [0.15, 0.2) is 42.5 Å². The fourth-order valence-corrected chi connectivity index (χ4v) is 2.95. The number of nitro benzene ring substituents is 1. The minimum absolute atomic E-state index is 0.00000410. The lowest BCUT2D eigenvalue weighted by Crippen LogP contribution is -2.41. The minimum atomic E-state index is -0.749. The summed E-state index contributed by atoms with van der Waals surface area (Å²) in [4.78, 5) is 59.7. The number of anilines is 1. The number of nitrogens with zero attached hydrogens (tertiary/aromatic N) is 2. The van der Waals surface area contributed by atoms with Crippen LogP contribution >= 0.6 is 0 Å². The van der Waals surface area contributed by atoms with Gasteiger partial charge in [0.1, 0.15) is 0 Å². The first-order valence-electron chi connectivity index (χ1n) is 8.88. The summed E-state index contributed by atoms with van der Waals surface area (Å²) in [6, 6.07) is 9.01. The zero-order valence-corrected chi connectivity index (χ0v) is 15.6. The van der Waals surface area contributed by atoms with Gasteiger partial charge in [-0.3, -0.25) is 34.7 Å². The molecule has 0 saturated heterocycles. The number of nitrogens with two attached hydrogens (primary N) is 1. The molecule has 11 nitrogen and oxygen atoms in total. The van der Waals surface area contributed by atoms with Gasteiger partial charge in [-0.1, -0.05) is 12.1 Å². The largest absolute Gasteiger partial charge is 0.398 e. The number of urea groups is 1. The summed E-state index contributed by atoms with van der Waals surface area (Å²) in [5, 5.41) is 15.4. The van der Waals surface area contributed by atoms with Crippen LogP contribution < -0.4 is 16.4 Å². The number of amides is 5. The van der Waals surface area contributed by atoms with Crippen LogP contribution in [0.3, 0.4) is 0 Å². The molecule has 1 aliphatic rings. The Bertz CT molecular complexity index is 1070. The Morgan fingerprint density at radius 2 is 1.77 bits per heavy atom. The van der Waals surface area contributed by atoms with E-state index in [1.807, 2.05) is 0 Å². The quantitative estimate of drug-likeness (QED) is 0.212. The van der Waals surface area contributed by atoms with Gasteiger partial charge >= 0.3 is 6.03 Å². The molecule has 0 bridgehead atoms. The van der Waals surface area contributed by atoms with Crippen molar-refractivity contribution in [3.63, 3.8) is 0 Å². The summed E-state index contributed by atoms with van der Waals surface area (Å²) < 4.78 is 0. The first kappa shape index (κ1) is 20.5. The van der Waals surface area contributed by atoms with Gasteiger partial charge in [-0.25, -0.2) is 4.79 Å². The first-order valence-corrected chi connectivity index (χ1v) is 8.88. The number of imide groups is 2. The number of para-hydroxylation sites is 1. The van der Waals surface area contributed by atoms with Gasteiger partial charge in [0.25, 0.3) is 23.4 Å². The molecule has 0 aromatic heterocycles. The molecule has 11 heteroatoms. The molecule has 154 valence electrons. The van der Waals surface area contributed by atoms with Crippen molar-refractivity contribution in [1.29, 1.82) is 0 Å². The average Bonchev–Trinajstić information content (AvgIpc) is 2.95. The van der Waals surface area contributed by atoms with Gasteiger partial charge in [-0.2, -0.15) is 0 Å². The molecule has 0 radical (unpaired) electrons. The second kappa shape index (κ2) is 8.39. The Balaban J connectivity index is 1.50. The molecular formula is C19H17N5O6. The molecule has 2 aromatic rings. The van der Waals surface area contributed by atoms with Crippen LogP contribution in [0.25, 0.3) is 0 Å². The van der Waals surface area contributed by atoms with Gasteiger partial charge < -0.3 is 11.1 Å². The maximum atomic E-state index is 12.4. The number of rotatable bonds is 6. The van der Waals surface area contributed by atoms with Gasteiger partial charge in [0.05, 0.1) is 21.6 Å². The van der Waals surface area contributed by atoms with Gasteiger partial charge in [0.15, 0.2) is 0 Å². The molecule has 3 rings (SSSR count). The van der Waals surface area contributed by atoms with E-state index in [4.69, 9.17) is 5.73 Å². The highest BCUT2D eigenvalue weighted by Gasteiger charge is 2.36. The zero-order valence-electron chi connectivity index (χ0n) is 15.6. The van der Waals surface area contributed by atoms with Crippen molar-refractivity contribution in [1.82, 2.24) is 15.5 Å². The van der Waals surface area contributed by atoms with Gasteiger partial charge in [0, 0.05) is 30.9 Å². The normalized spacial score (nSPS) is 12.5. The van der Waals surface area contributed by atoms with E-state index >= 15 is 0 Å². The number of nitrogens with one attached hydrogen (secondary N) is 2. The Labute approximate surface area is 170 Å². The number of carbonyl (C=O) groups is 4. The summed E-state index contributed by atoms with van der Waals surface area (Å²) in [5.74, 6) is -1.84. The number of hydrogen-bond donors (Lipinski definition) is 3. The summed E-state index contributed by atoms with van der Waals surface area (Å²) in [6.45, 7) is 0.0803. The summed E-state index contributed by atoms with van der Waals surface area (Å²) in [7, 11) is 0. The standard InChI is InChI=1S/C19H17N5O6/c20-15-5-2-1-4-13(15)16(25)22-19(28)21-8-3-9-23-17(26)12-7-6-11(24(29)30)10-14(12)18(23)27/h1-2,4-7,10H,3,8-9,20H2,(H2,21,22,25,28). The average molecular weight is 411 g/mol. The van der Waals surface area contributed by atoms with Crippen LogP contribution in [0.1, 0.15) is 37.5 Å². The van der Waals surface area contributed by atoms with Crippen molar-refractivity contribution in [3.8, 4) is 0 Å². The van der Waals surface area contributed by atoms with Crippen molar-refractivity contribution in [2.45, 2.75) is 6.42 Å². The Morgan fingerprint density at radius 3 is 2.47 bits per heavy atom. The number of nitro groups is 1. The lowest BCUT2D eigenvalue weighted by Gasteiger charge is -2.14. The SMILES string of the molecule is Nc1ccccc1C(=O)NC(=O)NCCCN1C(=O)c2ccc([N+](=O)[O-])cc2C1=O. The number of benzene rings is 2. The van der Waals surface area contributed by atoms with E-state index < -0.39 is 28.7 Å². The Morgan fingerprint density at radius 1 is 1.07 bits per heavy atom. The number of carbonyl (C=O) groups excluding carboxylic acids is 4. The second-order valence-corrected chi connectivity index (χ2v) is 6.40. The van der Waals surface area contributed by atoms with E-state index in [1.165, 1.54) is 18.2 Å². The molecule has 0 spiro atoms. The van der Waals surface area contributed by atoms with E-state index in [0.717, 1.165) is 17.0 Å². The molecule has 2 aromatic carbocycles. The lowest BCUT2D eigenvalue weighted by atomic mass is 10.1. The van der Waals surface area contributed by atoms with Gasteiger partial charge in [0.2, 0.25) is 0 Å². The molecule has 0 unspecified atom stereocenters. The second-order valence-electron chi connectivity index (χ2n) is 6.40. The molecule has 30 heavy (non-hydrogen) atoms. The lowest BCUT2D eigenvalue weighted by molar-refractivity contribution is -0.384. The highest BCUT2D eigenvalue weighted by molar-refractivity contribution is 6.21. The number of fused-ring (bicyclic) bond motifs is 1. The zero-order chi connectivity index (χ0) is 21.8. The van der Waals surface area contributed by atoms with Crippen LogP contribution in [-0.4, -0.2) is 46.7 Å². The topological polar surface area (TPSA) is 165 Å². The minimum Gasteiger partial charge on any atom is -0.398 e. The van der Waals surface area contributed by atoms with E-state index in [0.29, 0.717) is 0 Å². The summed E-state index contributed by atoms with van der Waals surface area (Å²) >= 11 is 0. The third kappa shape index (κ3) is 4.09. The maximum absolute atomic E-state index is 12.4. The first-order chi connectivity index (χ1) is 14.3. The summed E-state index contributed by atoms with van der Waals surface area (Å²) in [5.41, 5.74) is 5.87. The Kier molecular flexibility index (Phi) is 5.72. The molecule has 4 N–H and O–H groups in total. The molecule has 1 heterocycles. The number of non-ortho nitro benzene ring substituents is 1. The third-order valence-corrected chi connectivity index (χ3v) is 4.44. The van der Waals surface area contributed by atoms with Crippen LogP contribution in [0.5, 0.6) is 0 Å². The fourth-order valence-electron chi connectivity index (χ4n) is 2.95. The van der Waals surface area contributed by atoms with Crippen LogP contribution in [-0.2, 0) is 0 Å². The van der Waals surface area contributed by atoms with Crippen LogP contribution in [0, 0.1) is 10.1 Å². The monoisotopic (exact) mass is 411 g/mol. The van der Waals surface area contributed by atoms with Crippen molar-refractivity contribution in [2.75, 3.05) is 18.8 Å². The molecule has 0 fully saturated rings. The smallest absolute Gasteiger partial charge is 0.321 e. The van der Waals surface area contributed by atoms with E-state index in [1.54, 1.807) is 12.1 Å². The van der Waals surface area contributed by atoms with Gasteiger partial charge in [-0.05, 0) is 24.6 Å². The van der Waals surface area contributed by atoms with Crippen molar-refractivity contribution in [2.24, 2.45) is 0 Å². The molecule has 1 aliphatic heterocycles.